The zero-order valence-electron chi connectivity index (χ0n) is 44.7. The molecule has 412 valence electrons. The minimum absolute atomic E-state index is 0.0897. The molecule has 2 aromatic carbocycles. The molecule has 21 heteroatoms. The van der Waals surface area contributed by atoms with E-state index in [0.717, 1.165) is 66.5 Å². The van der Waals surface area contributed by atoms with E-state index in [1.807, 2.05) is 62.4 Å². The van der Waals surface area contributed by atoms with Crippen molar-refractivity contribution in [2.24, 2.45) is 9.98 Å². The molecule has 8 rings (SSSR count). The molecule has 0 radical (unpaired) electrons. The van der Waals surface area contributed by atoms with Crippen molar-refractivity contribution in [3.8, 4) is 10.0 Å². The van der Waals surface area contributed by atoms with Crippen LogP contribution in [-0.2, 0) is 42.7 Å². The summed E-state index contributed by atoms with van der Waals surface area (Å²) in [5, 5.41) is 21.1. The number of hydrogen-bond donors (Lipinski definition) is 0. The number of nitrogens with zero attached hydrogens (tertiary/aromatic N) is 8. The van der Waals surface area contributed by atoms with Crippen LogP contribution in [0.5, 0.6) is 0 Å². The lowest BCUT2D eigenvalue weighted by Gasteiger charge is -2.12. The number of fused-ring (bicyclic) bond motifs is 6. The molecule has 6 aromatic rings. The summed E-state index contributed by atoms with van der Waals surface area (Å²) in [5.41, 5.74) is 7.92. The first-order valence-corrected chi connectivity index (χ1v) is 28.6. The van der Waals surface area contributed by atoms with Gasteiger partial charge in [0.25, 0.3) is 0 Å². The van der Waals surface area contributed by atoms with Crippen molar-refractivity contribution in [1.82, 2.24) is 29.5 Å². The molecular formula is C56H68Cl2N8O9S2. The van der Waals surface area contributed by atoms with E-state index in [9.17, 15) is 9.59 Å². The Bertz CT molecular complexity index is 2790. The zero-order valence-corrected chi connectivity index (χ0v) is 47.9. The molecule has 6 heterocycles. The van der Waals surface area contributed by atoms with E-state index >= 15 is 0 Å². The second-order valence-corrected chi connectivity index (χ2v) is 22.1. The van der Waals surface area contributed by atoms with Gasteiger partial charge in [-0.05, 0) is 89.8 Å². The summed E-state index contributed by atoms with van der Waals surface area (Å²) in [4.78, 5) is 39.5. The van der Waals surface area contributed by atoms with Crippen molar-refractivity contribution in [3.05, 3.63) is 125 Å². The predicted octanol–water partition coefficient (Wildman–Crippen LogP) is 10.2. The van der Waals surface area contributed by atoms with Gasteiger partial charge in [0, 0.05) is 81.0 Å². The molecule has 2 atom stereocenters. The second-order valence-electron chi connectivity index (χ2n) is 18.8. The number of thiophene rings is 2. The number of carbonyl (C=O) groups is 2. The van der Waals surface area contributed by atoms with Crippen LogP contribution in [0.25, 0.3) is 10.0 Å². The van der Waals surface area contributed by atoms with Gasteiger partial charge in [-0.3, -0.25) is 28.7 Å². The molecular weight excluding hydrogens is 1060 g/mol. The van der Waals surface area contributed by atoms with Crippen LogP contribution in [-0.4, -0.2) is 145 Å². The summed E-state index contributed by atoms with van der Waals surface area (Å²) in [6, 6.07) is 14.4. The largest absolute Gasteiger partial charge is 0.379 e. The van der Waals surface area contributed by atoms with Crippen LogP contribution in [0.2, 0.25) is 10.0 Å². The van der Waals surface area contributed by atoms with Gasteiger partial charge in [-0.2, -0.15) is 0 Å². The van der Waals surface area contributed by atoms with Gasteiger partial charge in [0.1, 0.15) is 45.3 Å². The highest BCUT2D eigenvalue weighted by Gasteiger charge is 2.34. The number of hydrogen-bond acceptors (Lipinski definition) is 17. The lowest BCUT2D eigenvalue weighted by Crippen LogP contribution is -2.15. The number of aryl methyl sites for hydroxylation is 4. The maximum absolute atomic E-state index is 13.3. The monoisotopic (exact) mass is 1130 g/mol. The minimum Gasteiger partial charge on any atom is -0.379 e. The number of benzene rings is 2. The topological polar surface area (TPSA) is 185 Å². The van der Waals surface area contributed by atoms with Gasteiger partial charge in [0.15, 0.2) is 11.6 Å². The minimum atomic E-state index is -0.481. The Morgan fingerprint density at radius 1 is 0.468 bits per heavy atom. The maximum Gasteiger partial charge on any atom is 0.163 e. The van der Waals surface area contributed by atoms with Gasteiger partial charge in [-0.15, -0.1) is 43.1 Å². The number of aliphatic imine (C=N–C) groups is 2. The van der Waals surface area contributed by atoms with Gasteiger partial charge in [-0.1, -0.05) is 47.5 Å². The molecule has 0 saturated heterocycles. The second kappa shape index (κ2) is 28.8. The third kappa shape index (κ3) is 15.3. The fourth-order valence-electron chi connectivity index (χ4n) is 9.06. The van der Waals surface area contributed by atoms with Gasteiger partial charge >= 0.3 is 0 Å². The van der Waals surface area contributed by atoms with Gasteiger partial charge in [0.05, 0.1) is 90.7 Å². The fourth-order valence-corrected chi connectivity index (χ4v) is 11.7. The van der Waals surface area contributed by atoms with E-state index in [-0.39, 0.29) is 24.4 Å². The Morgan fingerprint density at radius 2 is 0.779 bits per heavy atom. The quantitative estimate of drug-likeness (QED) is 0.0364. The lowest BCUT2D eigenvalue weighted by atomic mass is 9.99. The van der Waals surface area contributed by atoms with Crippen LogP contribution in [0.15, 0.2) is 58.5 Å². The van der Waals surface area contributed by atoms with E-state index in [1.54, 1.807) is 22.7 Å². The first-order chi connectivity index (χ1) is 37.4. The smallest absolute Gasteiger partial charge is 0.163 e. The summed E-state index contributed by atoms with van der Waals surface area (Å²) < 4.78 is 43.7. The Balaban J connectivity index is 0.601. The normalized spacial score (nSPS) is 14.9. The molecule has 0 amide bonds. The molecule has 2 aliphatic rings. The maximum atomic E-state index is 13.3. The first-order valence-electron chi connectivity index (χ1n) is 26.2. The Labute approximate surface area is 468 Å². The van der Waals surface area contributed by atoms with Crippen LogP contribution < -0.4 is 0 Å². The van der Waals surface area contributed by atoms with E-state index in [1.165, 1.54) is 9.75 Å². The molecule has 4 aromatic heterocycles. The highest BCUT2D eigenvalue weighted by molar-refractivity contribution is 7.15. The molecule has 0 saturated carbocycles. The molecule has 0 N–H and O–H groups in total. The molecule has 2 aliphatic heterocycles. The summed E-state index contributed by atoms with van der Waals surface area (Å²) in [6.07, 6.45) is 2.36. The van der Waals surface area contributed by atoms with Gasteiger partial charge < -0.3 is 33.2 Å². The highest BCUT2D eigenvalue weighted by Crippen LogP contribution is 2.41. The molecule has 77 heavy (non-hydrogen) atoms. The number of ether oxygens (including phenoxy) is 7. The van der Waals surface area contributed by atoms with Crippen molar-refractivity contribution in [2.45, 2.75) is 92.2 Å². The van der Waals surface area contributed by atoms with E-state index in [4.69, 9.17) is 66.3 Å². The van der Waals surface area contributed by atoms with Crippen LogP contribution >= 0.6 is 45.9 Å². The number of aromatic nitrogens is 6. The average molecular weight is 1130 g/mol. The summed E-state index contributed by atoms with van der Waals surface area (Å²) in [7, 11) is 0. The highest BCUT2D eigenvalue weighted by atomic mass is 35.5. The zero-order chi connectivity index (χ0) is 54.3. The van der Waals surface area contributed by atoms with E-state index < -0.39 is 12.1 Å². The van der Waals surface area contributed by atoms with Crippen molar-refractivity contribution in [3.63, 3.8) is 0 Å². The fraction of sp³-hybridized carbons (Fsp3) is 0.500. The van der Waals surface area contributed by atoms with Gasteiger partial charge in [-0.25, -0.2) is 0 Å². The van der Waals surface area contributed by atoms with E-state index in [2.05, 4.69) is 57.2 Å². The molecule has 0 aliphatic carbocycles. The third-order valence-electron chi connectivity index (χ3n) is 13.3. The molecule has 17 nitrogen and oxygen atoms in total. The van der Waals surface area contributed by atoms with Crippen molar-refractivity contribution >= 4 is 68.9 Å². The van der Waals surface area contributed by atoms with Crippen LogP contribution in [0.1, 0.15) is 117 Å². The SMILES string of the molecule is Cc1sc2c(c1C)C(c1ccc(Cl)cc1)=N[C@@H](CC(=O)CCCOCCOCCOCCOCCOCCOCCOCCCC(=O)C[C@@H]1N=C(c3ccc(Cl)cc3)c3c(sc(C)c3C)-n3c(C)nnc31)c1nnc(C)n1-2. The Hall–Kier alpha value is -4.90. The average Bonchev–Trinajstić information content (AvgIpc) is 4.11. The number of carbonyl (C=O) groups excluding carboxylic acids is 2. The van der Waals surface area contributed by atoms with Crippen LogP contribution in [0.4, 0.5) is 0 Å². The molecule has 0 spiro atoms. The third-order valence-corrected chi connectivity index (χ3v) is 16.2. The van der Waals surface area contributed by atoms with Crippen molar-refractivity contribution in [1.29, 1.82) is 0 Å². The summed E-state index contributed by atoms with van der Waals surface area (Å²) in [5.74, 6) is 3.05. The predicted molar refractivity (Wildman–Crippen MR) is 300 cm³/mol. The Kier molecular flexibility index (Phi) is 21.8. The van der Waals surface area contributed by atoms with Crippen molar-refractivity contribution < 1.29 is 42.7 Å². The standard InChI is InChI=1S/C56H68Cl2N8O9S2/c1-35-37(3)76-55-49(35)51(41-11-15-43(57)16-12-41)59-47(53-63-61-39(5)65(53)55)33-45(67)9-7-19-69-21-23-71-25-27-73-29-31-75-32-30-74-28-26-72-24-22-70-20-8-10-46(68)34-48-54-64-62-40(6)66(54)56-50(36(2)38(4)77-56)52(60-48)42-13-17-44(58)18-14-42/h11-18,47-48H,7-10,19-34H2,1-6H3/t47-,48-/m0/s1. The van der Waals surface area contributed by atoms with Crippen LogP contribution in [0.3, 0.4) is 0 Å². The van der Waals surface area contributed by atoms with Crippen molar-refractivity contribution in [2.75, 3.05) is 92.5 Å². The number of Topliss-reactive ketones (excluding diaryl/α,β-unsaturated/α-hetero) is 2. The lowest BCUT2D eigenvalue weighted by molar-refractivity contribution is -0.120. The van der Waals surface area contributed by atoms with Crippen LogP contribution in [0, 0.1) is 41.5 Å². The summed E-state index contributed by atoms with van der Waals surface area (Å²) >= 11 is 15.9. The first kappa shape index (κ1) is 58.3. The molecule has 0 fully saturated rings. The Morgan fingerprint density at radius 3 is 1.10 bits per heavy atom. The number of rotatable bonds is 32. The molecule has 0 bridgehead atoms. The van der Waals surface area contributed by atoms with Gasteiger partial charge in [0.2, 0.25) is 0 Å². The van der Waals surface area contributed by atoms with E-state index in [0.29, 0.717) is 140 Å². The number of ketones is 2. The molecule has 0 unspecified atom stereocenters. The number of halogens is 2. The summed E-state index contributed by atoms with van der Waals surface area (Å²) in [6.45, 7) is 18.5.